The highest BCUT2D eigenvalue weighted by atomic mass is 19.4. The molecular formula is C34H20F12N8. The minimum atomic E-state index is -4.87. The van der Waals surface area contributed by atoms with Gasteiger partial charge in [-0.2, -0.15) is 52.7 Å². The lowest BCUT2D eigenvalue weighted by Gasteiger charge is -2.26. The van der Waals surface area contributed by atoms with Crippen molar-refractivity contribution in [1.82, 2.24) is 0 Å². The van der Waals surface area contributed by atoms with Crippen LogP contribution in [-0.2, 0) is 24.7 Å². The lowest BCUT2D eigenvalue weighted by atomic mass is 10.1. The molecule has 4 aromatic rings. The number of aliphatic imine (C=N–C) groups is 4. The van der Waals surface area contributed by atoms with Crippen LogP contribution in [0.4, 0.5) is 75.4 Å². The molecule has 2 aliphatic rings. The predicted molar refractivity (Wildman–Crippen MR) is 175 cm³/mol. The van der Waals surface area contributed by atoms with Crippen molar-refractivity contribution < 1.29 is 52.7 Å². The van der Waals surface area contributed by atoms with Crippen LogP contribution < -0.4 is 21.3 Å². The Morgan fingerprint density at radius 2 is 0.611 bits per heavy atom. The first-order valence-electron chi connectivity index (χ1n) is 15.0. The molecule has 0 spiro atoms. The normalized spacial score (nSPS) is 16.5. The molecule has 0 atom stereocenters. The lowest BCUT2D eigenvalue weighted by Crippen LogP contribution is -2.36. The minimum Gasteiger partial charge on any atom is -0.381 e. The maximum atomic E-state index is 13.7. The molecule has 2 aliphatic heterocycles. The topological polar surface area (TPSA) is 108 Å². The molecule has 54 heavy (non-hydrogen) atoms. The fraction of sp³-hybridized carbons (Fsp3) is 0.118. The highest BCUT2D eigenvalue weighted by Crippen LogP contribution is 2.40. The van der Waals surface area contributed by atoms with Gasteiger partial charge in [-0.25, -0.2) is 20.0 Å². The zero-order chi connectivity index (χ0) is 39.4. The Morgan fingerprint density at radius 1 is 0.370 bits per heavy atom. The summed E-state index contributed by atoms with van der Waals surface area (Å²) in [7, 11) is 0. The van der Waals surface area contributed by atoms with Crippen molar-refractivity contribution in [3.05, 3.63) is 131 Å². The van der Waals surface area contributed by atoms with Crippen molar-refractivity contribution in [1.29, 1.82) is 0 Å². The second-order valence-corrected chi connectivity index (χ2v) is 11.4. The monoisotopic (exact) mass is 768 g/mol. The number of nitrogens with zero attached hydrogens (tertiary/aromatic N) is 6. The largest absolute Gasteiger partial charge is 0.416 e. The molecule has 6 rings (SSSR count). The molecule has 0 fully saturated rings. The Kier molecular flexibility index (Phi) is 9.19. The standard InChI is InChI=1S/C34H20F12N8/c35-31(36,37)17-5-1-9-21(13-17)53(22-10-2-6-18(14-22)32(38,39)40)29-25(47)49-27(51-29)28-50-26(48)30(52-28)54(23-11-3-7-19(15-23)33(41,42)43)24-12-4-8-20(16-24)34(44,45)46/h1-16H,(H2,47,49)(H2,48,50)/b28-27-. The number of nitrogens with two attached hydrogens (primary N) is 2. The van der Waals surface area contributed by atoms with Crippen LogP contribution in [0.15, 0.2) is 129 Å². The highest BCUT2D eigenvalue weighted by molar-refractivity contribution is 6.49. The Labute approximate surface area is 295 Å². The van der Waals surface area contributed by atoms with Gasteiger partial charge in [0.2, 0.25) is 11.6 Å². The average molecular weight is 769 g/mol. The molecule has 0 saturated carbocycles. The van der Waals surface area contributed by atoms with E-state index in [4.69, 9.17) is 11.5 Å². The fourth-order valence-electron chi connectivity index (χ4n) is 5.30. The Morgan fingerprint density at radius 3 is 0.833 bits per heavy atom. The molecule has 8 nitrogen and oxygen atoms in total. The van der Waals surface area contributed by atoms with E-state index in [1.54, 1.807) is 0 Å². The molecule has 0 unspecified atom stereocenters. The molecule has 2 heterocycles. The van der Waals surface area contributed by atoms with Crippen LogP contribution >= 0.6 is 0 Å². The fourth-order valence-corrected chi connectivity index (χ4v) is 5.30. The van der Waals surface area contributed by atoms with Crippen LogP contribution in [0.25, 0.3) is 0 Å². The summed E-state index contributed by atoms with van der Waals surface area (Å²) < 4.78 is 165. The first kappa shape index (κ1) is 37.4. The van der Waals surface area contributed by atoms with E-state index < -0.39 is 81.9 Å². The molecule has 0 bridgehead atoms. The number of amidine groups is 4. The number of halogens is 12. The zero-order valence-corrected chi connectivity index (χ0v) is 26.6. The van der Waals surface area contributed by atoms with Crippen molar-refractivity contribution in [2.24, 2.45) is 31.4 Å². The smallest absolute Gasteiger partial charge is 0.381 e. The highest BCUT2D eigenvalue weighted by Gasteiger charge is 2.37. The minimum absolute atomic E-state index is 0.341. The summed E-state index contributed by atoms with van der Waals surface area (Å²) >= 11 is 0. The van der Waals surface area contributed by atoms with E-state index in [0.717, 1.165) is 82.6 Å². The summed E-state index contributed by atoms with van der Waals surface area (Å²) in [6, 6.07) is 14.0. The first-order valence-corrected chi connectivity index (χ1v) is 15.0. The molecule has 0 aromatic heterocycles. The molecule has 0 radical (unpaired) electrons. The quantitative estimate of drug-likeness (QED) is 0.202. The molecule has 280 valence electrons. The van der Waals surface area contributed by atoms with Gasteiger partial charge in [0.15, 0.2) is 23.3 Å². The van der Waals surface area contributed by atoms with Crippen LogP contribution in [0.3, 0.4) is 0 Å². The van der Waals surface area contributed by atoms with E-state index in [1.165, 1.54) is 0 Å². The molecule has 0 aliphatic carbocycles. The third kappa shape index (κ3) is 7.57. The summed E-state index contributed by atoms with van der Waals surface area (Å²) in [5.74, 6) is -3.06. The van der Waals surface area contributed by atoms with E-state index >= 15 is 0 Å². The van der Waals surface area contributed by atoms with Gasteiger partial charge in [-0.05, 0) is 72.8 Å². The van der Waals surface area contributed by atoms with Gasteiger partial charge in [-0.3, -0.25) is 9.80 Å². The Balaban J connectivity index is 1.52. The SMILES string of the molecule is NC1=N/C(=C2\N=C(N)C(N(c3cccc(C(F)(F)F)c3)c3cccc(C(F)(F)F)c3)=N2)N=C1N(c1cccc(C(F)(F)F)c1)c1cccc(C(F)(F)F)c1. The summed E-state index contributed by atoms with van der Waals surface area (Å²) in [5, 5.41) is 0. The zero-order valence-electron chi connectivity index (χ0n) is 26.6. The van der Waals surface area contributed by atoms with Gasteiger partial charge >= 0.3 is 24.7 Å². The van der Waals surface area contributed by atoms with Crippen LogP contribution in [0.5, 0.6) is 0 Å². The predicted octanol–water partition coefficient (Wildman–Crippen LogP) is 9.40. The summed E-state index contributed by atoms with van der Waals surface area (Å²) in [4.78, 5) is 18.2. The Bertz CT molecular complexity index is 2010. The second kappa shape index (κ2) is 13.3. The second-order valence-electron chi connectivity index (χ2n) is 11.4. The number of hydrogen-bond acceptors (Lipinski definition) is 8. The van der Waals surface area contributed by atoms with Gasteiger partial charge in [-0.1, -0.05) is 24.3 Å². The maximum absolute atomic E-state index is 13.7. The molecule has 4 aromatic carbocycles. The molecule has 0 saturated heterocycles. The first-order chi connectivity index (χ1) is 25.1. The summed E-state index contributed by atoms with van der Waals surface area (Å²) in [6.45, 7) is 0. The van der Waals surface area contributed by atoms with Crippen molar-refractivity contribution in [2.45, 2.75) is 24.7 Å². The van der Waals surface area contributed by atoms with Crippen LogP contribution in [0, 0.1) is 0 Å². The van der Waals surface area contributed by atoms with Crippen molar-refractivity contribution >= 4 is 46.1 Å². The third-order valence-electron chi connectivity index (χ3n) is 7.68. The van der Waals surface area contributed by atoms with Gasteiger partial charge in [0.25, 0.3) is 0 Å². The van der Waals surface area contributed by atoms with Gasteiger partial charge in [0, 0.05) is 22.7 Å². The van der Waals surface area contributed by atoms with Crippen LogP contribution in [-0.4, -0.2) is 23.3 Å². The van der Waals surface area contributed by atoms with E-state index in [1.807, 2.05) is 0 Å². The van der Waals surface area contributed by atoms with Gasteiger partial charge in [0.05, 0.1) is 22.3 Å². The van der Waals surface area contributed by atoms with Gasteiger partial charge in [-0.15, -0.1) is 0 Å². The summed E-state index contributed by atoms with van der Waals surface area (Å²) in [5.41, 5.74) is 6.22. The third-order valence-corrected chi connectivity index (χ3v) is 7.68. The number of hydrogen-bond donors (Lipinski definition) is 2. The number of alkyl halides is 12. The molecular weight excluding hydrogens is 748 g/mol. The molecule has 0 amide bonds. The van der Waals surface area contributed by atoms with Crippen molar-refractivity contribution in [3.63, 3.8) is 0 Å². The average Bonchev–Trinajstić information content (AvgIpc) is 3.66. The Hall–Kier alpha value is -6.34. The van der Waals surface area contributed by atoms with Crippen molar-refractivity contribution in [3.8, 4) is 0 Å². The van der Waals surface area contributed by atoms with E-state index in [9.17, 15) is 52.7 Å². The van der Waals surface area contributed by atoms with Gasteiger partial charge in [0.1, 0.15) is 0 Å². The lowest BCUT2D eigenvalue weighted by molar-refractivity contribution is -0.138. The number of anilines is 4. The molecule has 4 N–H and O–H groups in total. The van der Waals surface area contributed by atoms with Gasteiger partial charge < -0.3 is 11.5 Å². The van der Waals surface area contributed by atoms with Crippen LogP contribution in [0.1, 0.15) is 22.3 Å². The van der Waals surface area contributed by atoms with Crippen molar-refractivity contribution in [2.75, 3.05) is 9.80 Å². The maximum Gasteiger partial charge on any atom is 0.416 e. The van der Waals surface area contributed by atoms with E-state index in [2.05, 4.69) is 20.0 Å². The molecule has 20 heteroatoms. The summed E-state index contributed by atoms with van der Waals surface area (Å²) in [6.07, 6.45) is -19.5. The number of benzene rings is 4. The van der Waals surface area contributed by atoms with Crippen LogP contribution in [0.2, 0.25) is 0 Å². The number of rotatable bonds is 4. The van der Waals surface area contributed by atoms with E-state index in [0.29, 0.717) is 24.3 Å². The van der Waals surface area contributed by atoms with E-state index in [-0.39, 0.29) is 22.7 Å².